The van der Waals surface area contributed by atoms with Crippen LogP contribution in [-0.4, -0.2) is 22.2 Å². The van der Waals surface area contributed by atoms with Crippen LogP contribution in [0.15, 0.2) is 0 Å². The number of carboxylic acid groups (broad SMARTS) is 2. The fraction of sp³-hybridized carbons (Fsp3) is 0.867. The largest absolute Gasteiger partial charge is 0.481 e. The molecule has 0 bridgehead atoms. The summed E-state index contributed by atoms with van der Waals surface area (Å²) in [4.78, 5) is 21.4. The van der Waals surface area contributed by atoms with Crippen LogP contribution < -0.4 is 0 Å². The molecule has 1 rings (SSSR count). The lowest BCUT2D eigenvalue weighted by molar-refractivity contribution is -0.144. The molecule has 1 aliphatic rings. The van der Waals surface area contributed by atoms with Gasteiger partial charge in [0.2, 0.25) is 0 Å². The lowest BCUT2D eigenvalue weighted by Crippen LogP contribution is -2.16. The summed E-state index contributed by atoms with van der Waals surface area (Å²) in [5.74, 6) is -0.979. The Kier molecular flexibility index (Phi) is 6.32. The molecule has 0 spiro atoms. The molecule has 110 valence electrons. The highest BCUT2D eigenvalue weighted by Crippen LogP contribution is 2.56. The van der Waals surface area contributed by atoms with E-state index in [0.717, 1.165) is 57.8 Å². The third kappa shape index (κ3) is 5.21. The third-order valence-electron chi connectivity index (χ3n) is 4.39. The van der Waals surface area contributed by atoms with Gasteiger partial charge in [0.15, 0.2) is 0 Å². The van der Waals surface area contributed by atoms with Gasteiger partial charge >= 0.3 is 11.9 Å². The van der Waals surface area contributed by atoms with Crippen LogP contribution in [0.4, 0.5) is 0 Å². The third-order valence-corrected chi connectivity index (χ3v) is 4.39. The van der Waals surface area contributed by atoms with Gasteiger partial charge in [0, 0.05) is 6.42 Å². The minimum atomic E-state index is -0.711. The molecule has 0 aromatic rings. The SMILES string of the molecule is CC1CC1(CCCCCCCCCC(=O)O)C(=O)O. The molecule has 0 aromatic heterocycles. The second-order valence-corrected chi connectivity index (χ2v) is 5.94. The van der Waals surface area contributed by atoms with E-state index in [1.54, 1.807) is 0 Å². The van der Waals surface area contributed by atoms with Gasteiger partial charge in [0.05, 0.1) is 5.41 Å². The predicted molar refractivity (Wildman–Crippen MR) is 73.0 cm³/mol. The highest BCUT2D eigenvalue weighted by Gasteiger charge is 2.56. The first-order chi connectivity index (χ1) is 8.99. The van der Waals surface area contributed by atoms with Crippen molar-refractivity contribution in [3.8, 4) is 0 Å². The first-order valence-electron chi connectivity index (χ1n) is 7.44. The van der Waals surface area contributed by atoms with Crippen LogP contribution in [0.5, 0.6) is 0 Å². The topological polar surface area (TPSA) is 74.6 Å². The zero-order chi connectivity index (χ0) is 14.3. The van der Waals surface area contributed by atoms with Crippen LogP contribution >= 0.6 is 0 Å². The van der Waals surface area contributed by atoms with Crippen molar-refractivity contribution in [1.29, 1.82) is 0 Å². The average Bonchev–Trinajstić information content (AvgIpc) is 2.99. The number of carbonyl (C=O) groups is 2. The first kappa shape index (κ1) is 16.0. The molecule has 0 aliphatic heterocycles. The summed E-state index contributed by atoms with van der Waals surface area (Å²) >= 11 is 0. The Morgan fingerprint density at radius 3 is 1.89 bits per heavy atom. The zero-order valence-corrected chi connectivity index (χ0v) is 11.9. The van der Waals surface area contributed by atoms with Gasteiger partial charge in [-0.1, -0.05) is 45.4 Å². The number of carboxylic acids is 2. The van der Waals surface area contributed by atoms with E-state index in [0.29, 0.717) is 5.92 Å². The standard InChI is InChI=1S/C15H26O4/c1-12-11-15(12,14(18)19)10-8-6-4-2-3-5-7-9-13(16)17/h12H,2-11H2,1H3,(H,16,17)(H,18,19). The number of hydrogen-bond donors (Lipinski definition) is 2. The van der Waals surface area contributed by atoms with Gasteiger partial charge in [-0.2, -0.15) is 0 Å². The van der Waals surface area contributed by atoms with E-state index >= 15 is 0 Å². The maximum Gasteiger partial charge on any atom is 0.309 e. The van der Waals surface area contributed by atoms with E-state index < -0.39 is 17.4 Å². The van der Waals surface area contributed by atoms with E-state index in [4.69, 9.17) is 5.11 Å². The van der Waals surface area contributed by atoms with Crippen LogP contribution in [-0.2, 0) is 9.59 Å². The van der Waals surface area contributed by atoms with Gasteiger partial charge in [0.25, 0.3) is 0 Å². The van der Waals surface area contributed by atoms with Gasteiger partial charge in [-0.15, -0.1) is 0 Å². The zero-order valence-electron chi connectivity index (χ0n) is 11.9. The van der Waals surface area contributed by atoms with Crippen molar-refractivity contribution in [2.45, 2.75) is 71.1 Å². The second-order valence-electron chi connectivity index (χ2n) is 5.94. The Hall–Kier alpha value is -1.06. The summed E-state index contributed by atoms with van der Waals surface area (Å²) in [5, 5.41) is 17.7. The summed E-state index contributed by atoms with van der Waals surface area (Å²) < 4.78 is 0. The average molecular weight is 270 g/mol. The molecule has 2 atom stereocenters. The smallest absolute Gasteiger partial charge is 0.309 e. The van der Waals surface area contributed by atoms with Crippen molar-refractivity contribution in [3.63, 3.8) is 0 Å². The normalized spacial score (nSPS) is 25.2. The van der Waals surface area contributed by atoms with Gasteiger partial charge in [-0.25, -0.2) is 0 Å². The van der Waals surface area contributed by atoms with Crippen molar-refractivity contribution in [2.75, 3.05) is 0 Å². The summed E-state index contributed by atoms with van der Waals surface area (Å²) in [7, 11) is 0. The van der Waals surface area contributed by atoms with Gasteiger partial charge in [0.1, 0.15) is 0 Å². The van der Waals surface area contributed by atoms with E-state index in [1.807, 2.05) is 6.92 Å². The van der Waals surface area contributed by atoms with E-state index in [2.05, 4.69) is 0 Å². The number of rotatable bonds is 11. The number of unbranched alkanes of at least 4 members (excludes halogenated alkanes) is 6. The second kappa shape index (κ2) is 7.51. The van der Waals surface area contributed by atoms with Crippen molar-refractivity contribution in [3.05, 3.63) is 0 Å². The van der Waals surface area contributed by atoms with E-state index in [9.17, 15) is 14.7 Å². The Morgan fingerprint density at radius 2 is 1.47 bits per heavy atom. The van der Waals surface area contributed by atoms with Crippen LogP contribution in [0.3, 0.4) is 0 Å². The molecule has 1 saturated carbocycles. The predicted octanol–water partition coefficient (Wildman–Crippen LogP) is 3.69. The maximum atomic E-state index is 11.1. The molecule has 1 fully saturated rings. The fourth-order valence-corrected chi connectivity index (χ4v) is 2.84. The van der Waals surface area contributed by atoms with Gasteiger partial charge in [-0.3, -0.25) is 9.59 Å². The summed E-state index contributed by atoms with van der Waals surface area (Å²) in [6.45, 7) is 2.02. The van der Waals surface area contributed by atoms with E-state index in [-0.39, 0.29) is 6.42 Å². The van der Waals surface area contributed by atoms with Crippen LogP contribution in [0, 0.1) is 11.3 Å². The number of hydrogen-bond acceptors (Lipinski definition) is 2. The van der Waals surface area contributed by atoms with Crippen LogP contribution in [0.2, 0.25) is 0 Å². The summed E-state index contributed by atoms with van der Waals surface area (Å²) in [6, 6.07) is 0. The maximum absolute atomic E-state index is 11.1. The quantitative estimate of drug-likeness (QED) is 0.561. The van der Waals surface area contributed by atoms with Crippen LogP contribution in [0.25, 0.3) is 0 Å². The molecule has 0 heterocycles. The van der Waals surface area contributed by atoms with Crippen molar-refractivity contribution in [2.24, 2.45) is 11.3 Å². The molecule has 1 aliphatic carbocycles. The lowest BCUT2D eigenvalue weighted by Gasteiger charge is -2.10. The molecular weight excluding hydrogens is 244 g/mol. The summed E-state index contributed by atoms with van der Waals surface area (Å²) in [6.07, 6.45) is 9.17. The Labute approximate surface area is 115 Å². The van der Waals surface area contributed by atoms with Crippen molar-refractivity contribution < 1.29 is 19.8 Å². The Morgan fingerprint density at radius 1 is 1.00 bits per heavy atom. The van der Waals surface area contributed by atoms with Crippen LogP contribution in [0.1, 0.15) is 71.1 Å². The Bertz CT molecular complexity index is 313. The Balaban J connectivity index is 1.92. The van der Waals surface area contributed by atoms with Gasteiger partial charge < -0.3 is 10.2 Å². The van der Waals surface area contributed by atoms with E-state index in [1.165, 1.54) is 0 Å². The minimum Gasteiger partial charge on any atom is -0.481 e. The molecule has 0 aromatic carbocycles. The summed E-state index contributed by atoms with van der Waals surface area (Å²) in [5.41, 5.74) is -0.401. The van der Waals surface area contributed by atoms with Crippen molar-refractivity contribution >= 4 is 11.9 Å². The van der Waals surface area contributed by atoms with Crippen molar-refractivity contribution in [1.82, 2.24) is 0 Å². The number of aliphatic carboxylic acids is 2. The molecule has 0 saturated heterocycles. The molecule has 2 N–H and O–H groups in total. The minimum absolute atomic E-state index is 0.277. The molecule has 4 heteroatoms. The molecule has 19 heavy (non-hydrogen) atoms. The fourth-order valence-electron chi connectivity index (χ4n) is 2.84. The lowest BCUT2D eigenvalue weighted by atomic mass is 9.95. The highest BCUT2D eigenvalue weighted by molar-refractivity contribution is 5.78. The molecule has 0 amide bonds. The molecule has 2 unspecified atom stereocenters. The molecule has 4 nitrogen and oxygen atoms in total. The highest BCUT2D eigenvalue weighted by atomic mass is 16.4. The monoisotopic (exact) mass is 270 g/mol. The van der Waals surface area contributed by atoms with Gasteiger partial charge in [-0.05, 0) is 25.2 Å². The molecular formula is C15H26O4. The molecule has 0 radical (unpaired) electrons. The first-order valence-corrected chi connectivity index (χ1v) is 7.44.